The Morgan fingerprint density at radius 3 is 1.20 bits per heavy atom. The third-order valence-corrected chi connectivity index (χ3v) is 10.3. The average molecular weight is 409 g/mol. The van der Waals surface area contributed by atoms with E-state index in [2.05, 4.69) is 27.7 Å². The smallest absolute Gasteiger partial charge is 0.0654 e. The maximum Gasteiger partial charge on any atom is 3.00 e. The summed E-state index contributed by atoms with van der Waals surface area (Å²) in [5.74, 6) is 0. The fourth-order valence-electron chi connectivity index (χ4n) is 3.08. The third-order valence-electron chi connectivity index (χ3n) is 5.00. The summed E-state index contributed by atoms with van der Waals surface area (Å²) < 4.78 is 0. The van der Waals surface area contributed by atoms with E-state index in [4.69, 9.17) is 0 Å². The summed E-state index contributed by atoms with van der Waals surface area (Å²) in [6.07, 6.45) is 20.7. The Kier molecular flexibility index (Phi) is 19.5. The molecule has 0 fully saturated rings. The molecule has 0 aliphatic heterocycles. The normalized spacial score (nSPS) is 11.4. The molecule has 2 heteroatoms. The maximum atomic E-state index is 2.43. The molecule has 0 saturated heterocycles. The van der Waals surface area contributed by atoms with Gasteiger partial charge >= 0.3 is 24.4 Å². The van der Waals surface area contributed by atoms with E-state index < -0.39 is 7.26 Å². The summed E-state index contributed by atoms with van der Waals surface area (Å²) in [4.78, 5) is 0. The van der Waals surface area contributed by atoms with Gasteiger partial charge in [-0.2, -0.15) is 0 Å². The predicted octanol–water partition coefficient (Wildman–Crippen LogP) is 6.60. The first kappa shape index (κ1) is 23.5. The van der Waals surface area contributed by atoms with Crippen LogP contribution in [-0.2, 0) is 0 Å². The minimum absolute atomic E-state index is 0. The third kappa shape index (κ3) is 11.9. The summed E-state index contributed by atoms with van der Waals surface area (Å²) in [6, 6.07) is 0. The molecule has 0 aliphatic rings. The molecule has 0 rings (SSSR count). The Balaban J connectivity index is 0. The molecular formula is C18H40PSb+4. The van der Waals surface area contributed by atoms with E-state index in [0.29, 0.717) is 0 Å². The van der Waals surface area contributed by atoms with Crippen molar-refractivity contribution in [2.24, 2.45) is 0 Å². The summed E-state index contributed by atoms with van der Waals surface area (Å²) in [6.45, 7) is 9.58. The monoisotopic (exact) mass is 408 g/mol. The number of hydrogen-bond donors (Lipinski definition) is 0. The summed E-state index contributed by atoms with van der Waals surface area (Å²) in [7, 11) is -0.513. The van der Waals surface area contributed by atoms with Gasteiger partial charge < -0.3 is 0 Å². The van der Waals surface area contributed by atoms with Gasteiger partial charge in [-0.3, -0.25) is 0 Å². The van der Waals surface area contributed by atoms with Gasteiger partial charge in [-0.25, -0.2) is 0 Å². The van der Waals surface area contributed by atoms with E-state index >= 15 is 0 Å². The fraction of sp³-hybridized carbons (Fsp3) is 1.00. The molecule has 20 heavy (non-hydrogen) atoms. The van der Waals surface area contributed by atoms with Gasteiger partial charge in [0.15, 0.2) is 0 Å². The van der Waals surface area contributed by atoms with Crippen LogP contribution < -0.4 is 0 Å². The fourth-order valence-corrected chi connectivity index (χ4v) is 6.26. The molecule has 0 N–H and O–H groups in total. The van der Waals surface area contributed by atoms with Gasteiger partial charge in [0, 0.05) is 7.26 Å². The first-order valence-electron chi connectivity index (χ1n) is 9.09. The van der Waals surface area contributed by atoms with Crippen LogP contribution in [0.5, 0.6) is 0 Å². The zero-order chi connectivity index (χ0) is 14.4. The molecule has 0 saturated carbocycles. The molecule has 0 heterocycles. The van der Waals surface area contributed by atoms with Crippen LogP contribution in [0.4, 0.5) is 0 Å². The van der Waals surface area contributed by atoms with E-state index in [1.165, 1.54) is 82.7 Å². The Labute approximate surface area is 148 Å². The first-order valence-corrected chi connectivity index (χ1v) is 11.6. The van der Waals surface area contributed by atoms with E-state index in [9.17, 15) is 0 Å². The van der Waals surface area contributed by atoms with Crippen molar-refractivity contribution in [3.63, 3.8) is 0 Å². The van der Waals surface area contributed by atoms with Crippen LogP contribution >= 0.6 is 7.26 Å². The van der Waals surface area contributed by atoms with Gasteiger partial charge in [0.1, 0.15) is 0 Å². The van der Waals surface area contributed by atoms with Crippen molar-refractivity contribution < 1.29 is 0 Å². The topological polar surface area (TPSA) is 0 Å². The summed E-state index contributed by atoms with van der Waals surface area (Å²) >= 11 is 0. The van der Waals surface area contributed by atoms with Crippen LogP contribution in [0.1, 0.15) is 91.9 Å². The Bertz CT molecular complexity index is 170. The molecule has 0 aliphatic carbocycles. The first-order chi connectivity index (χ1) is 9.24. The second kappa shape index (κ2) is 16.6. The summed E-state index contributed by atoms with van der Waals surface area (Å²) in [5.41, 5.74) is 0. The minimum Gasteiger partial charge on any atom is -0.0654 e. The number of hydrogen-bond acceptors (Lipinski definition) is 0. The van der Waals surface area contributed by atoms with Crippen molar-refractivity contribution >= 4 is 31.7 Å². The molecule has 118 valence electrons. The Hall–Kier alpha value is 1.25. The van der Waals surface area contributed by atoms with Gasteiger partial charge in [0.2, 0.25) is 0 Å². The Morgan fingerprint density at radius 2 is 0.850 bits per heavy atom. The van der Waals surface area contributed by atoms with E-state index in [0.717, 1.165) is 0 Å². The zero-order valence-electron chi connectivity index (χ0n) is 14.8. The Morgan fingerprint density at radius 1 is 0.500 bits per heavy atom. The van der Waals surface area contributed by atoms with E-state index in [1.54, 1.807) is 6.16 Å². The molecular weight excluding hydrogens is 369 g/mol. The molecule has 0 bridgehead atoms. The average Bonchev–Trinajstić information content (AvgIpc) is 2.46. The van der Waals surface area contributed by atoms with Crippen LogP contribution in [-0.4, -0.2) is 49.1 Å². The second-order valence-electron chi connectivity index (χ2n) is 6.20. The molecule has 0 atom stereocenters. The predicted molar refractivity (Wildman–Crippen MR) is 101 cm³/mol. The van der Waals surface area contributed by atoms with Gasteiger partial charge in [0.25, 0.3) is 0 Å². The van der Waals surface area contributed by atoms with Gasteiger partial charge in [-0.15, -0.1) is 0 Å². The van der Waals surface area contributed by atoms with Crippen LogP contribution in [0.25, 0.3) is 0 Å². The summed E-state index contributed by atoms with van der Waals surface area (Å²) in [5, 5.41) is 0. The largest absolute Gasteiger partial charge is 3.00 e. The van der Waals surface area contributed by atoms with Crippen LogP contribution in [0.2, 0.25) is 0 Å². The van der Waals surface area contributed by atoms with Crippen LogP contribution in [0.3, 0.4) is 0 Å². The van der Waals surface area contributed by atoms with Gasteiger partial charge in [-0.05, 0) is 33.6 Å². The molecule has 0 spiro atoms. The van der Waals surface area contributed by atoms with Crippen molar-refractivity contribution in [3.05, 3.63) is 0 Å². The molecule has 0 aromatic heterocycles. The van der Waals surface area contributed by atoms with Crippen LogP contribution in [0, 0.1) is 0 Å². The standard InChI is InChI=1S/C18H40P.Sb/c1-5-9-10-11-12-13-14-15-16-17-18-19(6-2,7-3)8-4;/h5-18H2,1-4H3;/q+1;+3. The van der Waals surface area contributed by atoms with E-state index in [-0.39, 0.29) is 24.4 Å². The molecule has 0 aromatic carbocycles. The van der Waals surface area contributed by atoms with Crippen molar-refractivity contribution in [2.45, 2.75) is 91.9 Å². The molecule has 0 amide bonds. The molecule has 0 nitrogen and oxygen atoms in total. The molecule has 0 unspecified atom stereocenters. The van der Waals surface area contributed by atoms with Gasteiger partial charge in [-0.1, -0.05) is 58.3 Å². The van der Waals surface area contributed by atoms with Crippen molar-refractivity contribution in [1.82, 2.24) is 0 Å². The minimum atomic E-state index is -0.513. The maximum absolute atomic E-state index is 2.43. The van der Waals surface area contributed by atoms with Crippen molar-refractivity contribution in [3.8, 4) is 0 Å². The van der Waals surface area contributed by atoms with Crippen molar-refractivity contribution in [2.75, 3.05) is 24.6 Å². The second-order valence-corrected chi connectivity index (χ2v) is 11.2. The SMILES string of the molecule is CCCCCCCCCCCC[P+](CC)(CC)CC.[Sb+3]. The van der Waals surface area contributed by atoms with E-state index in [1.807, 2.05) is 0 Å². The zero-order valence-corrected chi connectivity index (χ0v) is 18.2. The van der Waals surface area contributed by atoms with Crippen LogP contribution in [0.15, 0.2) is 0 Å². The number of rotatable bonds is 14. The molecule has 0 aromatic rings. The van der Waals surface area contributed by atoms with Gasteiger partial charge in [0.05, 0.1) is 24.6 Å². The molecule has 2 radical (unpaired) electrons. The quantitative estimate of drug-likeness (QED) is 0.172. The van der Waals surface area contributed by atoms with Crippen molar-refractivity contribution in [1.29, 1.82) is 0 Å². The number of unbranched alkanes of at least 4 members (excludes halogenated alkanes) is 9.